The lowest BCUT2D eigenvalue weighted by molar-refractivity contribution is 0.0907. The highest BCUT2D eigenvalue weighted by Crippen LogP contribution is 2.28. The summed E-state index contributed by atoms with van der Waals surface area (Å²) in [6, 6.07) is 8.35. The van der Waals surface area contributed by atoms with Gasteiger partial charge in [-0.15, -0.1) is 0 Å². The van der Waals surface area contributed by atoms with Gasteiger partial charge in [-0.25, -0.2) is 5.01 Å². The maximum absolute atomic E-state index is 5.52. The second-order valence-electron chi connectivity index (χ2n) is 7.65. The van der Waals surface area contributed by atoms with Crippen LogP contribution in [0.5, 0.6) is 5.75 Å². The number of anilines is 1. The van der Waals surface area contributed by atoms with E-state index in [1.54, 1.807) is 7.11 Å². The third-order valence-electron chi connectivity index (χ3n) is 5.87. The van der Waals surface area contributed by atoms with Crippen LogP contribution in [0.25, 0.3) is 0 Å². The van der Waals surface area contributed by atoms with Crippen molar-refractivity contribution in [1.29, 1.82) is 0 Å². The molecule has 0 saturated carbocycles. The van der Waals surface area contributed by atoms with Crippen molar-refractivity contribution in [2.24, 2.45) is 0 Å². The van der Waals surface area contributed by atoms with Crippen LogP contribution in [-0.2, 0) is 0 Å². The molecule has 4 rings (SSSR count). The minimum absolute atomic E-state index is 0.981. The zero-order valence-electron chi connectivity index (χ0n) is 17.0. The number of fused-ring (bicyclic) bond motifs is 1. The van der Waals surface area contributed by atoms with Gasteiger partial charge in [-0.05, 0) is 49.7 Å². The molecule has 28 heavy (non-hydrogen) atoms. The SMILES string of the molecule is COc1ccccc1N1CCN(CCCCCN2CC=C3C=CC=CN32)CC1. The zero-order chi connectivity index (χ0) is 19.2. The van der Waals surface area contributed by atoms with Crippen LogP contribution in [0, 0.1) is 0 Å². The summed E-state index contributed by atoms with van der Waals surface area (Å²) in [6.45, 7) is 7.84. The second-order valence-corrected chi connectivity index (χ2v) is 7.65. The van der Waals surface area contributed by atoms with E-state index in [4.69, 9.17) is 4.74 Å². The fourth-order valence-corrected chi connectivity index (χ4v) is 4.26. The standard InChI is InChI=1S/C23H32N4O/c1-28-23-11-4-3-10-22(23)25-19-17-24(18-20-25)13-6-2-7-14-26-16-12-21-9-5-8-15-27(21)26/h3-5,8-12,15H,2,6-7,13-14,16-20H2,1H3. The van der Waals surface area contributed by atoms with Crippen molar-refractivity contribution < 1.29 is 4.74 Å². The molecule has 1 fully saturated rings. The first-order valence-electron chi connectivity index (χ1n) is 10.5. The summed E-state index contributed by atoms with van der Waals surface area (Å²) < 4.78 is 5.52. The predicted molar refractivity (Wildman–Crippen MR) is 115 cm³/mol. The van der Waals surface area contributed by atoms with Crippen LogP contribution in [-0.4, -0.2) is 67.8 Å². The first-order valence-corrected chi connectivity index (χ1v) is 10.5. The van der Waals surface area contributed by atoms with Crippen molar-refractivity contribution in [3.05, 3.63) is 60.5 Å². The van der Waals surface area contributed by atoms with Crippen LogP contribution in [0.1, 0.15) is 19.3 Å². The van der Waals surface area contributed by atoms with E-state index in [-0.39, 0.29) is 0 Å². The zero-order valence-corrected chi connectivity index (χ0v) is 17.0. The molecule has 3 heterocycles. The van der Waals surface area contributed by atoms with Crippen molar-refractivity contribution in [2.45, 2.75) is 19.3 Å². The Hall–Kier alpha value is -2.24. The molecule has 1 saturated heterocycles. The Morgan fingerprint density at radius 1 is 0.929 bits per heavy atom. The number of hydrogen-bond acceptors (Lipinski definition) is 5. The number of allylic oxidation sites excluding steroid dienone is 3. The van der Waals surface area contributed by atoms with Crippen LogP contribution in [0.3, 0.4) is 0 Å². The van der Waals surface area contributed by atoms with E-state index in [9.17, 15) is 0 Å². The average Bonchev–Trinajstić information content (AvgIpc) is 3.17. The van der Waals surface area contributed by atoms with E-state index < -0.39 is 0 Å². The first kappa shape index (κ1) is 19.1. The topological polar surface area (TPSA) is 22.2 Å². The van der Waals surface area contributed by atoms with Crippen LogP contribution >= 0.6 is 0 Å². The smallest absolute Gasteiger partial charge is 0.142 e. The number of hydrogen-bond donors (Lipinski definition) is 0. The Kier molecular flexibility index (Phi) is 6.34. The molecule has 5 nitrogen and oxygen atoms in total. The normalized spacial score (nSPS) is 19.8. The molecule has 1 aromatic rings. The molecule has 0 aliphatic carbocycles. The molecular weight excluding hydrogens is 348 g/mol. The number of ether oxygens (including phenoxy) is 1. The fourth-order valence-electron chi connectivity index (χ4n) is 4.26. The van der Waals surface area contributed by atoms with E-state index in [2.05, 4.69) is 68.5 Å². The second kappa shape index (κ2) is 9.30. The largest absolute Gasteiger partial charge is 0.495 e. The Bertz CT molecular complexity index is 734. The van der Waals surface area contributed by atoms with Gasteiger partial charge >= 0.3 is 0 Å². The quantitative estimate of drug-likeness (QED) is 0.642. The number of nitrogens with zero attached hydrogens (tertiary/aromatic N) is 4. The number of unbranched alkanes of at least 4 members (excludes halogenated alkanes) is 2. The number of rotatable bonds is 8. The van der Waals surface area contributed by atoms with Crippen molar-refractivity contribution in [3.8, 4) is 5.75 Å². The van der Waals surface area contributed by atoms with Gasteiger partial charge in [0.15, 0.2) is 0 Å². The molecule has 150 valence electrons. The summed E-state index contributed by atoms with van der Waals surface area (Å²) >= 11 is 0. The highest BCUT2D eigenvalue weighted by atomic mass is 16.5. The minimum Gasteiger partial charge on any atom is -0.495 e. The Balaban J connectivity index is 1.12. The third kappa shape index (κ3) is 4.42. The number of piperazine rings is 1. The van der Waals surface area contributed by atoms with Crippen molar-refractivity contribution >= 4 is 5.69 Å². The maximum atomic E-state index is 5.52. The van der Waals surface area contributed by atoms with E-state index in [1.165, 1.54) is 37.2 Å². The van der Waals surface area contributed by atoms with Gasteiger partial charge in [-0.3, -0.25) is 9.91 Å². The molecular formula is C23H32N4O. The monoisotopic (exact) mass is 380 g/mol. The molecule has 3 aliphatic rings. The molecule has 0 radical (unpaired) electrons. The molecule has 0 amide bonds. The number of benzene rings is 1. The van der Waals surface area contributed by atoms with Gasteiger partial charge in [0.05, 0.1) is 18.5 Å². The van der Waals surface area contributed by atoms with Gasteiger partial charge in [0.25, 0.3) is 0 Å². The summed E-state index contributed by atoms with van der Waals surface area (Å²) in [7, 11) is 1.76. The number of para-hydroxylation sites is 2. The summed E-state index contributed by atoms with van der Waals surface area (Å²) in [5.41, 5.74) is 2.54. The average molecular weight is 381 g/mol. The van der Waals surface area contributed by atoms with Gasteiger partial charge < -0.3 is 9.64 Å². The highest BCUT2D eigenvalue weighted by molar-refractivity contribution is 5.58. The number of hydrazine groups is 1. The van der Waals surface area contributed by atoms with Gasteiger partial charge in [-0.2, -0.15) is 0 Å². The summed E-state index contributed by atoms with van der Waals surface area (Å²) in [4.78, 5) is 5.06. The van der Waals surface area contributed by atoms with Crippen molar-refractivity contribution in [3.63, 3.8) is 0 Å². The number of methoxy groups -OCH3 is 1. The maximum Gasteiger partial charge on any atom is 0.142 e. The third-order valence-corrected chi connectivity index (χ3v) is 5.87. The molecule has 0 atom stereocenters. The summed E-state index contributed by atoms with van der Waals surface area (Å²) in [6.07, 6.45) is 14.7. The Morgan fingerprint density at radius 2 is 1.75 bits per heavy atom. The minimum atomic E-state index is 0.981. The van der Waals surface area contributed by atoms with Crippen LogP contribution < -0.4 is 9.64 Å². The lowest BCUT2D eigenvalue weighted by Crippen LogP contribution is -2.46. The first-order chi connectivity index (χ1) is 13.8. The van der Waals surface area contributed by atoms with E-state index in [0.717, 1.165) is 45.0 Å². The van der Waals surface area contributed by atoms with Crippen molar-refractivity contribution in [2.75, 3.05) is 57.8 Å². The lowest BCUT2D eigenvalue weighted by atomic mass is 10.2. The molecule has 0 aromatic heterocycles. The van der Waals surface area contributed by atoms with Crippen LogP contribution in [0.4, 0.5) is 5.69 Å². The Labute approximate surface area is 169 Å². The summed E-state index contributed by atoms with van der Waals surface area (Å²) in [5.74, 6) is 0.981. The molecule has 5 heteroatoms. The van der Waals surface area contributed by atoms with E-state index >= 15 is 0 Å². The molecule has 3 aliphatic heterocycles. The van der Waals surface area contributed by atoms with E-state index in [1.807, 2.05) is 6.07 Å². The predicted octanol–water partition coefficient (Wildman–Crippen LogP) is 3.49. The van der Waals surface area contributed by atoms with Gasteiger partial charge in [0.1, 0.15) is 5.75 Å². The molecule has 0 spiro atoms. The van der Waals surface area contributed by atoms with E-state index in [0.29, 0.717) is 0 Å². The fraction of sp³-hybridized carbons (Fsp3) is 0.478. The van der Waals surface area contributed by atoms with Gasteiger partial charge in [0.2, 0.25) is 0 Å². The van der Waals surface area contributed by atoms with Crippen LogP contribution in [0.15, 0.2) is 60.5 Å². The summed E-state index contributed by atoms with van der Waals surface area (Å²) in [5, 5.41) is 4.72. The van der Waals surface area contributed by atoms with Crippen LogP contribution in [0.2, 0.25) is 0 Å². The molecule has 0 unspecified atom stereocenters. The Morgan fingerprint density at radius 3 is 2.61 bits per heavy atom. The lowest BCUT2D eigenvalue weighted by Gasteiger charge is -2.36. The van der Waals surface area contributed by atoms with Gasteiger partial charge in [0, 0.05) is 45.5 Å². The van der Waals surface area contributed by atoms with Gasteiger partial charge in [-0.1, -0.05) is 24.6 Å². The van der Waals surface area contributed by atoms with Crippen molar-refractivity contribution in [1.82, 2.24) is 14.9 Å². The molecule has 1 aromatic carbocycles. The molecule has 0 N–H and O–H groups in total. The highest BCUT2D eigenvalue weighted by Gasteiger charge is 2.21. The molecule has 0 bridgehead atoms.